The number of aromatic nitrogens is 2. The van der Waals surface area contributed by atoms with Gasteiger partial charge < -0.3 is 9.88 Å². The Labute approximate surface area is 99.3 Å². The Bertz CT molecular complexity index is 317. The molecule has 2 atom stereocenters. The lowest BCUT2D eigenvalue weighted by atomic mass is 10.1. The van der Waals surface area contributed by atoms with E-state index in [0.717, 1.165) is 12.2 Å². The molecule has 1 heterocycles. The van der Waals surface area contributed by atoms with Crippen LogP contribution in [0.4, 0.5) is 0 Å². The smallest absolute Gasteiger partial charge is 0.0951 e. The van der Waals surface area contributed by atoms with Crippen LogP contribution in [0.2, 0.25) is 0 Å². The van der Waals surface area contributed by atoms with Crippen LogP contribution in [0.25, 0.3) is 0 Å². The fourth-order valence-electron chi connectivity index (χ4n) is 2.08. The van der Waals surface area contributed by atoms with Gasteiger partial charge in [-0.2, -0.15) is 0 Å². The van der Waals surface area contributed by atoms with Crippen molar-refractivity contribution >= 4 is 0 Å². The summed E-state index contributed by atoms with van der Waals surface area (Å²) in [6.45, 7) is 11.9. The second-order valence-corrected chi connectivity index (χ2v) is 4.83. The van der Waals surface area contributed by atoms with Gasteiger partial charge in [-0.25, -0.2) is 4.98 Å². The Hall–Kier alpha value is -0.830. The number of aryl methyl sites for hydroxylation is 1. The summed E-state index contributed by atoms with van der Waals surface area (Å²) in [7, 11) is 0. The first-order valence-electron chi connectivity index (χ1n) is 6.29. The van der Waals surface area contributed by atoms with E-state index in [-0.39, 0.29) is 0 Å². The van der Waals surface area contributed by atoms with Crippen LogP contribution in [0.3, 0.4) is 0 Å². The van der Waals surface area contributed by atoms with Crippen molar-refractivity contribution in [3.63, 3.8) is 0 Å². The van der Waals surface area contributed by atoms with E-state index in [9.17, 15) is 0 Å². The van der Waals surface area contributed by atoms with Crippen LogP contribution in [0.5, 0.6) is 0 Å². The van der Waals surface area contributed by atoms with Crippen LogP contribution in [-0.4, -0.2) is 21.6 Å². The van der Waals surface area contributed by atoms with Gasteiger partial charge in [0.1, 0.15) is 0 Å². The van der Waals surface area contributed by atoms with E-state index in [2.05, 4.69) is 49.5 Å². The summed E-state index contributed by atoms with van der Waals surface area (Å²) in [5.41, 5.74) is 2.41. The molecule has 1 N–H and O–H groups in total. The summed E-state index contributed by atoms with van der Waals surface area (Å²) in [4.78, 5) is 4.32. The Kier molecular flexibility index (Phi) is 5.00. The molecule has 1 aromatic heterocycles. The van der Waals surface area contributed by atoms with E-state index in [1.807, 2.05) is 6.33 Å². The van der Waals surface area contributed by atoms with Crippen LogP contribution in [0.1, 0.15) is 45.0 Å². The summed E-state index contributed by atoms with van der Waals surface area (Å²) >= 11 is 0. The molecule has 0 bridgehead atoms. The van der Waals surface area contributed by atoms with Crippen LogP contribution < -0.4 is 5.32 Å². The van der Waals surface area contributed by atoms with Gasteiger partial charge in [0.15, 0.2) is 0 Å². The van der Waals surface area contributed by atoms with Crippen molar-refractivity contribution in [2.75, 3.05) is 0 Å². The zero-order chi connectivity index (χ0) is 12.1. The summed E-state index contributed by atoms with van der Waals surface area (Å²) in [6, 6.07) is 1.10. The van der Waals surface area contributed by atoms with Gasteiger partial charge in [0.2, 0.25) is 0 Å². The third kappa shape index (κ3) is 3.63. The predicted octanol–water partition coefficient (Wildman–Crippen LogP) is 2.67. The summed E-state index contributed by atoms with van der Waals surface area (Å²) in [5.74, 6) is 0. The van der Waals surface area contributed by atoms with Crippen molar-refractivity contribution in [1.82, 2.24) is 14.9 Å². The van der Waals surface area contributed by atoms with Crippen molar-refractivity contribution in [1.29, 1.82) is 0 Å². The highest BCUT2D eigenvalue weighted by Gasteiger charge is 2.09. The SMILES string of the molecule is CCCC(C)NC(C)Cn1cnc(C)c1C. The first kappa shape index (κ1) is 13.2. The molecule has 0 saturated heterocycles. The molecule has 0 aromatic carbocycles. The monoisotopic (exact) mass is 223 g/mol. The van der Waals surface area contributed by atoms with E-state index < -0.39 is 0 Å². The number of rotatable bonds is 6. The number of hydrogen-bond donors (Lipinski definition) is 1. The molecule has 1 aromatic rings. The average Bonchev–Trinajstić information content (AvgIpc) is 2.50. The lowest BCUT2D eigenvalue weighted by Crippen LogP contribution is -2.37. The van der Waals surface area contributed by atoms with Gasteiger partial charge >= 0.3 is 0 Å². The normalized spacial score (nSPS) is 15.1. The summed E-state index contributed by atoms with van der Waals surface area (Å²) in [5, 5.41) is 3.62. The molecule has 0 aliphatic carbocycles. The van der Waals surface area contributed by atoms with Crippen molar-refractivity contribution in [2.24, 2.45) is 0 Å². The maximum absolute atomic E-state index is 4.32. The van der Waals surface area contributed by atoms with Crippen LogP contribution in [0.15, 0.2) is 6.33 Å². The zero-order valence-electron chi connectivity index (χ0n) is 11.2. The van der Waals surface area contributed by atoms with E-state index >= 15 is 0 Å². The van der Waals surface area contributed by atoms with E-state index in [0.29, 0.717) is 12.1 Å². The quantitative estimate of drug-likeness (QED) is 0.803. The maximum atomic E-state index is 4.32. The highest BCUT2D eigenvalue weighted by Crippen LogP contribution is 2.06. The molecule has 1 rings (SSSR count). The fourth-order valence-corrected chi connectivity index (χ4v) is 2.08. The Morgan fingerprint density at radius 3 is 2.50 bits per heavy atom. The topological polar surface area (TPSA) is 29.9 Å². The predicted molar refractivity (Wildman–Crippen MR) is 68.7 cm³/mol. The largest absolute Gasteiger partial charge is 0.333 e. The van der Waals surface area contributed by atoms with Gasteiger partial charge in [0.05, 0.1) is 12.0 Å². The van der Waals surface area contributed by atoms with Gasteiger partial charge in [0, 0.05) is 24.3 Å². The molecular weight excluding hydrogens is 198 g/mol. The molecule has 0 fully saturated rings. The molecule has 0 saturated carbocycles. The Balaban J connectivity index is 2.45. The van der Waals surface area contributed by atoms with Gasteiger partial charge in [-0.1, -0.05) is 13.3 Å². The zero-order valence-corrected chi connectivity index (χ0v) is 11.2. The molecule has 0 aliphatic rings. The van der Waals surface area contributed by atoms with Gasteiger partial charge in [-0.05, 0) is 34.1 Å². The lowest BCUT2D eigenvalue weighted by molar-refractivity contribution is 0.404. The minimum atomic E-state index is 0.494. The summed E-state index contributed by atoms with van der Waals surface area (Å²) < 4.78 is 2.23. The molecular formula is C13H25N3. The van der Waals surface area contributed by atoms with Gasteiger partial charge in [-0.15, -0.1) is 0 Å². The highest BCUT2D eigenvalue weighted by atomic mass is 15.1. The average molecular weight is 223 g/mol. The van der Waals surface area contributed by atoms with Gasteiger partial charge in [-0.3, -0.25) is 0 Å². The minimum Gasteiger partial charge on any atom is -0.333 e. The highest BCUT2D eigenvalue weighted by molar-refractivity contribution is 5.08. The number of nitrogens with zero attached hydrogens (tertiary/aromatic N) is 2. The van der Waals surface area contributed by atoms with Crippen molar-refractivity contribution in [3.8, 4) is 0 Å². The minimum absolute atomic E-state index is 0.494. The molecule has 0 aliphatic heterocycles. The van der Waals surface area contributed by atoms with Gasteiger partial charge in [0.25, 0.3) is 0 Å². The first-order valence-corrected chi connectivity index (χ1v) is 6.29. The second kappa shape index (κ2) is 6.04. The number of imidazole rings is 1. The second-order valence-electron chi connectivity index (χ2n) is 4.83. The van der Waals surface area contributed by atoms with Crippen molar-refractivity contribution < 1.29 is 0 Å². The maximum Gasteiger partial charge on any atom is 0.0951 e. The van der Waals surface area contributed by atoms with E-state index in [1.165, 1.54) is 18.5 Å². The third-order valence-electron chi connectivity index (χ3n) is 3.11. The van der Waals surface area contributed by atoms with E-state index in [4.69, 9.17) is 0 Å². The van der Waals surface area contributed by atoms with Crippen LogP contribution in [-0.2, 0) is 6.54 Å². The fraction of sp³-hybridized carbons (Fsp3) is 0.769. The van der Waals surface area contributed by atoms with E-state index in [1.54, 1.807) is 0 Å². The number of nitrogens with one attached hydrogen (secondary N) is 1. The lowest BCUT2D eigenvalue weighted by Gasteiger charge is -2.20. The van der Waals surface area contributed by atoms with Crippen molar-refractivity contribution in [3.05, 3.63) is 17.7 Å². The first-order chi connectivity index (χ1) is 7.54. The summed E-state index contributed by atoms with van der Waals surface area (Å²) in [6.07, 6.45) is 4.42. The van der Waals surface area contributed by atoms with Crippen LogP contribution in [0, 0.1) is 13.8 Å². The molecule has 92 valence electrons. The molecule has 3 nitrogen and oxygen atoms in total. The molecule has 0 amide bonds. The molecule has 0 radical (unpaired) electrons. The van der Waals surface area contributed by atoms with Crippen LogP contribution >= 0.6 is 0 Å². The van der Waals surface area contributed by atoms with Crippen molar-refractivity contribution in [2.45, 2.75) is 66.1 Å². The Morgan fingerprint density at radius 1 is 1.31 bits per heavy atom. The molecule has 16 heavy (non-hydrogen) atoms. The molecule has 2 unspecified atom stereocenters. The number of hydrogen-bond acceptors (Lipinski definition) is 2. The Morgan fingerprint density at radius 2 is 2.00 bits per heavy atom. The molecule has 0 spiro atoms. The standard InChI is InChI=1S/C13H25N3/c1-6-7-10(2)15-11(3)8-16-9-14-12(4)13(16)5/h9-11,15H,6-8H2,1-5H3. The third-order valence-corrected chi connectivity index (χ3v) is 3.11. The molecule has 3 heteroatoms.